The molecule has 2 aromatic rings. The van der Waals surface area contributed by atoms with Gasteiger partial charge in [-0.1, -0.05) is 17.7 Å². The minimum Gasteiger partial charge on any atom is -0.495 e. The minimum atomic E-state index is -1.16. The topological polar surface area (TPSA) is 88.5 Å². The molecule has 1 aromatic heterocycles. The largest absolute Gasteiger partial charge is 0.495 e. The number of rotatable bonds is 8. The second-order valence-corrected chi connectivity index (χ2v) is 6.91. The summed E-state index contributed by atoms with van der Waals surface area (Å²) in [6.45, 7) is 1.93. The summed E-state index contributed by atoms with van der Waals surface area (Å²) in [7, 11) is 1.47. The van der Waals surface area contributed by atoms with E-state index in [1.807, 2.05) is 12.3 Å². The molecule has 0 saturated carbocycles. The fourth-order valence-corrected chi connectivity index (χ4v) is 3.25. The van der Waals surface area contributed by atoms with Gasteiger partial charge in [-0.2, -0.15) is 0 Å². The van der Waals surface area contributed by atoms with Crippen LogP contribution in [-0.2, 0) is 16.0 Å². The summed E-state index contributed by atoms with van der Waals surface area (Å²) in [6, 6.07) is 3.47. The Kier molecular flexibility index (Phi) is 6.78. The van der Waals surface area contributed by atoms with E-state index in [0.29, 0.717) is 29.2 Å². The van der Waals surface area contributed by atoms with E-state index in [0.717, 1.165) is 10.7 Å². The number of halogens is 1. The van der Waals surface area contributed by atoms with Gasteiger partial charge in [0, 0.05) is 11.8 Å². The highest BCUT2D eigenvalue weighted by Gasteiger charge is 2.22. The summed E-state index contributed by atoms with van der Waals surface area (Å²) in [6.07, 6.45) is 1.51. The number of carbonyl (C=O) groups is 2. The number of nitrogens with one attached hydrogen (secondary N) is 1. The van der Waals surface area contributed by atoms with Crippen molar-refractivity contribution in [1.82, 2.24) is 10.3 Å². The lowest BCUT2D eigenvalue weighted by Gasteiger charge is -2.16. The van der Waals surface area contributed by atoms with E-state index in [-0.39, 0.29) is 12.3 Å². The molecule has 0 bridgehead atoms. The Morgan fingerprint density at radius 2 is 2.20 bits per heavy atom. The van der Waals surface area contributed by atoms with Crippen molar-refractivity contribution in [3.63, 3.8) is 0 Å². The number of ether oxygens (including phenoxy) is 1. The van der Waals surface area contributed by atoms with Gasteiger partial charge in [-0.05, 0) is 37.5 Å². The third-order valence-electron chi connectivity index (χ3n) is 3.56. The van der Waals surface area contributed by atoms with Crippen molar-refractivity contribution in [3.8, 4) is 5.75 Å². The average Bonchev–Trinajstić information content (AvgIpc) is 2.97. The molecule has 0 radical (unpaired) electrons. The predicted octanol–water partition coefficient (Wildman–Crippen LogP) is 3.38. The highest BCUT2D eigenvalue weighted by Crippen LogP contribution is 2.27. The van der Waals surface area contributed by atoms with Crippen LogP contribution in [0.5, 0.6) is 5.75 Å². The van der Waals surface area contributed by atoms with Gasteiger partial charge < -0.3 is 15.2 Å². The lowest BCUT2D eigenvalue weighted by atomic mass is 10.1. The summed E-state index contributed by atoms with van der Waals surface area (Å²) in [5.74, 6) is -1.03. The van der Waals surface area contributed by atoms with Crippen molar-refractivity contribution in [2.24, 2.45) is 0 Å². The number of carboxylic acids is 1. The van der Waals surface area contributed by atoms with Crippen molar-refractivity contribution in [2.75, 3.05) is 7.11 Å². The standard InChI is InChI=1S/C17H19ClN2O4S/c1-10-19-12(9-25-10)4-3-5-15(21)20-16(17(22)23)11-6-7-14(24-2)13(18)8-11/h6-9,16H,3-5H2,1-2H3,(H,20,21)(H,22,23). The molecule has 1 heterocycles. The van der Waals surface area contributed by atoms with Gasteiger partial charge in [-0.25, -0.2) is 9.78 Å². The van der Waals surface area contributed by atoms with Crippen LogP contribution in [0.25, 0.3) is 0 Å². The minimum absolute atomic E-state index is 0.226. The number of aliphatic carboxylic acids is 1. The Bertz CT molecular complexity index is 763. The predicted molar refractivity (Wildman–Crippen MR) is 96.3 cm³/mol. The summed E-state index contributed by atoms with van der Waals surface area (Å²) in [4.78, 5) is 27.9. The second-order valence-electron chi connectivity index (χ2n) is 5.44. The van der Waals surface area contributed by atoms with Crippen LogP contribution >= 0.6 is 22.9 Å². The zero-order valence-electron chi connectivity index (χ0n) is 13.9. The third-order valence-corrected chi connectivity index (χ3v) is 4.68. The first-order chi connectivity index (χ1) is 11.9. The summed E-state index contributed by atoms with van der Waals surface area (Å²) >= 11 is 7.60. The van der Waals surface area contributed by atoms with E-state index >= 15 is 0 Å². The molecule has 134 valence electrons. The van der Waals surface area contributed by atoms with Crippen LogP contribution in [-0.4, -0.2) is 29.1 Å². The number of hydrogen-bond acceptors (Lipinski definition) is 5. The molecule has 0 fully saturated rings. The zero-order chi connectivity index (χ0) is 18.4. The van der Waals surface area contributed by atoms with Gasteiger partial charge in [0.05, 0.1) is 22.8 Å². The number of thiazole rings is 1. The van der Waals surface area contributed by atoms with Crippen molar-refractivity contribution in [3.05, 3.63) is 44.9 Å². The number of aryl methyl sites for hydroxylation is 2. The van der Waals surface area contributed by atoms with Gasteiger partial charge in [-0.15, -0.1) is 11.3 Å². The molecule has 0 aliphatic heterocycles. The molecule has 25 heavy (non-hydrogen) atoms. The molecular formula is C17H19ClN2O4S. The Morgan fingerprint density at radius 3 is 2.76 bits per heavy atom. The van der Waals surface area contributed by atoms with E-state index < -0.39 is 12.0 Å². The number of nitrogens with zero attached hydrogens (tertiary/aromatic N) is 1. The van der Waals surface area contributed by atoms with Crippen LogP contribution in [0.3, 0.4) is 0 Å². The first-order valence-electron chi connectivity index (χ1n) is 7.67. The molecule has 1 aromatic carbocycles. The van der Waals surface area contributed by atoms with Gasteiger partial charge in [-0.3, -0.25) is 4.79 Å². The normalized spacial score (nSPS) is 11.8. The molecule has 0 aliphatic carbocycles. The van der Waals surface area contributed by atoms with Crippen LogP contribution in [0.4, 0.5) is 0 Å². The Morgan fingerprint density at radius 1 is 1.44 bits per heavy atom. The van der Waals surface area contributed by atoms with Gasteiger partial charge in [0.15, 0.2) is 6.04 Å². The number of hydrogen-bond donors (Lipinski definition) is 2. The van der Waals surface area contributed by atoms with Crippen molar-refractivity contribution in [2.45, 2.75) is 32.2 Å². The maximum atomic E-state index is 12.1. The zero-order valence-corrected chi connectivity index (χ0v) is 15.5. The number of carbonyl (C=O) groups excluding carboxylic acids is 1. The molecule has 1 unspecified atom stereocenters. The molecule has 2 N–H and O–H groups in total. The summed E-state index contributed by atoms with van der Waals surface area (Å²) in [5, 5.41) is 15.2. The molecule has 1 amide bonds. The number of methoxy groups -OCH3 is 1. The van der Waals surface area contributed by atoms with E-state index in [4.69, 9.17) is 16.3 Å². The monoisotopic (exact) mass is 382 g/mol. The van der Waals surface area contributed by atoms with Gasteiger partial charge >= 0.3 is 5.97 Å². The van der Waals surface area contributed by atoms with E-state index in [2.05, 4.69) is 10.3 Å². The quantitative estimate of drug-likeness (QED) is 0.730. The maximum Gasteiger partial charge on any atom is 0.330 e. The van der Waals surface area contributed by atoms with E-state index in [9.17, 15) is 14.7 Å². The van der Waals surface area contributed by atoms with Crippen LogP contribution in [0, 0.1) is 6.92 Å². The maximum absolute atomic E-state index is 12.1. The van der Waals surface area contributed by atoms with Crippen molar-refractivity contribution < 1.29 is 19.4 Å². The van der Waals surface area contributed by atoms with E-state index in [1.54, 1.807) is 23.5 Å². The third kappa shape index (κ3) is 5.44. The summed E-state index contributed by atoms with van der Waals surface area (Å²) in [5.41, 5.74) is 1.34. The van der Waals surface area contributed by atoms with Crippen LogP contribution in [0.2, 0.25) is 5.02 Å². The van der Waals surface area contributed by atoms with Crippen LogP contribution in [0.15, 0.2) is 23.6 Å². The molecule has 6 nitrogen and oxygen atoms in total. The highest BCUT2D eigenvalue weighted by atomic mass is 35.5. The fourth-order valence-electron chi connectivity index (χ4n) is 2.34. The fraction of sp³-hybridized carbons (Fsp3) is 0.353. The van der Waals surface area contributed by atoms with Gasteiger partial charge in [0.25, 0.3) is 0 Å². The van der Waals surface area contributed by atoms with Gasteiger partial charge in [0.1, 0.15) is 5.75 Å². The Labute approximate surface area is 154 Å². The van der Waals surface area contributed by atoms with Crippen LogP contribution < -0.4 is 10.1 Å². The molecule has 0 saturated heterocycles. The van der Waals surface area contributed by atoms with Crippen molar-refractivity contribution >= 4 is 34.8 Å². The molecular weight excluding hydrogens is 364 g/mol. The SMILES string of the molecule is COc1ccc(C(NC(=O)CCCc2csc(C)n2)C(=O)O)cc1Cl. The number of amides is 1. The Hall–Kier alpha value is -2.12. The van der Waals surface area contributed by atoms with Crippen molar-refractivity contribution in [1.29, 1.82) is 0 Å². The lowest BCUT2D eigenvalue weighted by molar-refractivity contribution is -0.142. The average molecular weight is 383 g/mol. The smallest absolute Gasteiger partial charge is 0.330 e. The van der Waals surface area contributed by atoms with Gasteiger partial charge in [0.2, 0.25) is 5.91 Å². The summed E-state index contributed by atoms with van der Waals surface area (Å²) < 4.78 is 5.05. The van der Waals surface area contributed by atoms with E-state index in [1.165, 1.54) is 13.2 Å². The molecule has 8 heteroatoms. The van der Waals surface area contributed by atoms with Crippen LogP contribution in [0.1, 0.15) is 35.1 Å². The lowest BCUT2D eigenvalue weighted by Crippen LogP contribution is -2.33. The first kappa shape index (κ1) is 19.2. The molecule has 1 atom stereocenters. The number of benzene rings is 1. The first-order valence-corrected chi connectivity index (χ1v) is 8.93. The highest BCUT2D eigenvalue weighted by molar-refractivity contribution is 7.09. The molecule has 0 aliphatic rings. The molecule has 2 rings (SSSR count). The Balaban J connectivity index is 1.95. The molecule has 0 spiro atoms. The number of carboxylic acid groups (broad SMARTS) is 1. The second kappa shape index (κ2) is 8.82. The number of aromatic nitrogens is 1.